The first kappa shape index (κ1) is 17.8. The van der Waals surface area contributed by atoms with E-state index in [1.165, 1.54) is 0 Å². The summed E-state index contributed by atoms with van der Waals surface area (Å²) in [6.07, 6.45) is 1.84. The number of anilines is 1. The molecule has 0 aliphatic heterocycles. The van der Waals surface area contributed by atoms with Gasteiger partial charge in [-0.15, -0.1) is 0 Å². The Morgan fingerprint density at radius 3 is 2.58 bits per heavy atom. The van der Waals surface area contributed by atoms with Gasteiger partial charge in [-0.3, -0.25) is 9.59 Å². The number of hydrogen-bond acceptors (Lipinski definition) is 4. The Morgan fingerprint density at radius 1 is 1.29 bits per heavy atom. The Hall–Kier alpha value is -2.57. The Labute approximate surface area is 140 Å². The summed E-state index contributed by atoms with van der Waals surface area (Å²) in [4.78, 5) is 34.6. The van der Waals surface area contributed by atoms with Crippen molar-refractivity contribution in [2.24, 2.45) is 11.8 Å². The summed E-state index contributed by atoms with van der Waals surface area (Å²) in [6, 6.07) is 5.79. The summed E-state index contributed by atoms with van der Waals surface area (Å²) in [5, 5.41) is 14.3. The summed E-state index contributed by atoms with van der Waals surface area (Å²) in [5.74, 6) is -1.30. The van der Waals surface area contributed by atoms with Crippen LogP contribution in [0.1, 0.15) is 26.7 Å². The zero-order valence-electron chi connectivity index (χ0n) is 13.7. The fourth-order valence-corrected chi connectivity index (χ4v) is 2.13. The third-order valence-corrected chi connectivity index (χ3v) is 3.67. The van der Waals surface area contributed by atoms with Gasteiger partial charge in [-0.2, -0.15) is 0 Å². The van der Waals surface area contributed by atoms with Crippen LogP contribution in [0, 0.1) is 11.8 Å². The average Bonchev–Trinajstić information content (AvgIpc) is 3.35. The predicted molar refractivity (Wildman–Crippen MR) is 87.7 cm³/mol. The third kappa shape index (κ3) is 5.26. The summed E-state index contributed by atoms with van der Waals surface area (Å²) in [7, 11) is 0. The molecule has 1 aliphatic carbocycles. The van der Waals surface area contributed by atoms with Crippen LogP contribution in [0.3, 0.4) is 0 Å². The van der Waals surface area contributed by atoms with Crippen LogP contribution in [-0.4, -0.2) is 35.5 Å². The van der Waals surface area contributed by atoms with Gasteiger partial charge in [-0.25, -0.2) is 4.79 Å². The number of carbonyl (C=O) groups excluding carboxylic acids is 2. The van der Waals surface area contributed by atoms with Crippen molar-refractivity contribution in [2.45, 2.75) is 32.7 Å². The van der Waals surface area contributed by atoms with Crippen molar-refractivity contribution in [3.63, 3.8) is 0 Å². The predicted octanol–water partition coefficient (Wildman–Crippen LogP) is 1.64. The summed E-state index contributed by atoms with van der Waals surface area (Å²) in [6.45, 7) is 3.13. The van der Waals surface area contributed by atoms with Crippen LogP contribution in [0.15, 0.2) is 24.3 Å². The third-order valence-electron chi connectivity index (χ3n) is 3.67. The standard InChI is InChI=1S/C17H22N2O5/c1-10(2)15(17(22)23)19-14(20)9-24-13-5-3-4-12(8-13)18-16(21)11-6-7-11/h3-5,8,10-11,15H,6-7,9H2,1-2H3,(H,18,21)(H,19,20)(H,22,23). The molecule has 0 bridgehead atoms. The maximum atomic E-state index is 11.8. The smallest absolute Gasteiger partial charge is 0.326 e. The fraction of sp³-hybridized carbons (Fsp3) is 0.471. The molecule has 2 rings (SSSR count). The zero-order chi connectivity index (χ0) is 17.7. The molecule has 1 aliphatic rings. The topological polar surface area (TPSA) is 105 Å². The monoisotopic (exact) mass is 334 g/mol. The number of aliphatic carboxylic acids is 1. The molecule has 0 radical (unpaired) electrons. The molecule has 1 aromatic rings. The van der Waals surface area contributed by atoms with Gasteiger partial charge < -0.3 is 20.5 Å². The number of carboxylic acids is 1. The van der Waals surface area contributed by atoms with Crippen LogP contribution in [-0.2, 0) is 14.4 Å². The Balaban J connectivity index is 1.85. The molecular formula is C17H22N2O5. The van der Waals surface area contributed by atoms with Gasteiger partial charge in [-0.05, 0) is 30.9 Å². The largest absolute Gasteiger partial charge is 0.484 e. The quantitative estimate of drug-likeness (QED) is 0.670. The molecule has 0 spiro atoms. The molecule has 1 aromatic carbocycles. The first-order valence-corrected chi connectivity index (χ1v) is 7.92. The molecule has 24 heavy (non-hydrogen) atoms. The van der Waals surface area contributed by atoms with Crippen LogP contribution in [0.25, 0.3) is 0 Å². The lowest BCUT2D eigenvalue weighted by Gasteiger charge is -2.18. The first-order valence-electron chi connectivity index (χ1n) is 7.92. The molecule has 0 saturated heterocycles. The van der Waals surface area contributed by atoms with Crippen molar-refractivity contribution in [2.75, 3.05) is 11.9 Å². The highest BCUT2D eigenvalue weighted by molar-refractivity contribution is 5.94. The number of carboxylic acid groups (broad SMARTS) is 1. The lowest BCUT2D eigenvalue weighted by Crippen LogP contribution is -2.46. The number of carbonyl (C=O) groups is 3. The molecule has 2 amide bonds. The molecule has 1 fully saturated rings. The molecule has 7 heteroatoms. The minimum Gasteiger partial charge on any atom is -0.484 e. The Morgan fingerprint density at radius 2 is 2.00 bits per heavy atom. The van der Waals surface area contributed by atoms with Crippen LogP contribution in [0.2, 0.25) is 0 Å². The fourth-order valence-electron chi connectivity index (χ4n) is 2.13. The number of nitrogens with one attached hydrogen (secondary N) is 2. The molecule has 0 heterocycles. The molecule has 0 aromatic heterocycles. The van der Waals surface area contributed by atoms with Gasteiger partial charge >= 0.3 is 5.97 Å². The van der Waals surface area contributed by atoms with Gasteiger partial charge in [0.15, 0.2) is 6.61 Å². The second-order valence-electron chi connectivity index (χ2n) is 6.21. The summed E-state index contributed by atoms with van der Waals surface area (Å²) < 4.78 is 5.37. The van der Waals surface area contributed by atoms with Crippen molar-refractivity contribution in [3.05, 3.63) is 24.3 Å². The highest BCUT2D eigenvalue weighted by Crippen LogP contribution is 2.30. The van der Waals surface area contributed by atoms with Crippen molar-refractivity contribution in [3.8, 4) is 5.75 Å². The van der Waals surface area contributed by atoms with Crippen LogP contribution < -0.4 is 15.4 Å². The van der Waals surface area contributed by atoms with E-state index in [-0.39, 0.29) is 24.3 Å². The first-order chi connectivity index (χ1) is 11.4. The van der Waals surface area contributed by atoms with Gasteiger partial charge in [-0.1, -0.05) is 19.9 Å². The second kappa shape index (κ2) is 7.81. The van der Waals surface area contributed by atoms with E-state index in [0.717, 1.165) is 12.8 Å². The van der Waals surface area contributed by atoms with Crippen LogP contribution >= 0.6 is 0 Å². The van der Waals surface area contributed by atoms with Crippen molar-refractivity contribution in [1.82, 2.24) is 5.32 Å². The zero-order valence-corrected chi connectivity index (χ0v) is 13.7. The Kier molecular flexibility index (Phi) is 5.78. The number of amides is 2. The maximum Gasteiger partial charge on any atom is 0.326 e. The second-order valence-corrected chi connectivity index (χ2v) is 6.21. The summed E-state index contributed by atoms with van der Waals surface area (Å²) >= 11 is 0. The number of rotatable bonds is 8. The molecule has 7 nitrogen and oxygen atoms in total. The maximum absolute atomic E-state index is 11.8. The van der Waals surface area contributed by atoms with Crippen molar-refractivity contribution >= 4 is 23.5 Å². The van der Waals surface area contributed by atoms with E-state index in [0.29, 0.717) is 11.4 Å². The van der Waals surface area contributed by atoms with E-state index in [9.17, 15) is 14.4 Å². The van der Waals surface area contributed by atoms with Crippen molar-refractivity contribution in [1.29, 1.82) is 0 Å². The van der Waals surface area contributed by atoms with Crippen LogP contribution in [0.4, 0.5) is 5.69 Å². The number of ether oxygens (including phenoxy) is 1. The van der Waals surface area contributed by atoms with E-state index in [1.807, 2.05) is 0 Å². The van der Waals surface area contributed by atoms with Crippen molar-refractivity contribution < 1.29 is 24.2 Å². The molecular weight excluding hydrogens is 312 g/mol. The van der Waals surface area contributed by atoms with E-state index < -0.39 is 17.9 Å². The SMILES string of the molecule is CC(C)C(NC(=O)COc1cccc(NC(=O)C2CC2)c1)C(=O)O. The molecule has 3 N–H and O–H groups in total. The Bertz CT molecular complexity index is 625. The minimum absolute atomic E-state index is 0.00822. The molecule has 130 valence electrons. The average molecular weight is 334 g/mol. The van der Waals surface area contributed by atoms with Gasteiger partial charge in [0.25, 0.3) is 5.91 Å². The molecule has 1 unspecified atom stereocenters. The van der Waals surface area contributed by atoms with Gasteiger partial charge in [0.05, 0.1) is 0 Å². The highest BCUT2D eigenvalue weighted by Gasteiger charge is 2.29. The lowest BCUT2D eigenvalue weighted by molar-refractivity contribution is -0.143. The summed E-state index contributed by atoms with van der Waals surface area (Å²) in [5.41, 5.74) is 0.607. The lowest BCUT2D eigenvalue weighted by atomic mass is 10.1. The van der Waals surface area contributed by atoms with E-state index in [1.54, 1.807) is 38.1 Å². The van der Waals surface area contributed by atoms with E-state index in [2.05, 4.69) is 10.6 Å². The highest BCUT2D eigenvalue weighted by atomic mass is 16.5. The van der Waals surface area contributed by atoms with Gasteiger partial charge in [0, 0.05) is 17.7 Å². The van der Waals surface area contributed by atoms with Gasteiger partial charge in [0.1, 0.15) is 11.8 Å². The minimum atomic E-state index is -1.08. The number of hydrogen-bond donors (Lipinski definition) is 3. The van der Waals surface area contributed by atoms with E-state index >= 15 is 0 Å². The van der Waals surface area contributed by atoms with E-state index in [4.69, 9.17) is 9.84 Å². The molecule has 1 atom stereocenters. The number of benzene rings is 1. The molecule has 1 saturated carbocycles. The van der Waals surface area contributed by atoms with Gasteiger partial charge in [0.2, 0.25) is 5.91 Å². The normalized spacial score (nSPS) is 14.8. The van der Waals surface area contributed by atoms with Crippen LogP contribution in [0.5, 0.6) is 5.75 Å².